The average molecular weight is 372 g/mol. The fourth-order valence-corrected chi connectivity index (χ4v) is 3.76. The summed E-state index contributed by atoms with van der Waals surface area (Å²) in [6, 6.07) is 6.04. The molecule has 3 atom stereocenters. The van der Waals surface area contributed by atoms with E-state index in [0.717, 1.165) is 41.9 Å². The van der Waals surface area contributed by atoms with Crippen molar-refractivity contribution < 1.29 is 14.2 Å². The van der Waals surface area contributed by atoms with Gasteiger partial charge in [0, 0.05) is 25.1 Å². The lowest BCUT2D eigenvalue weighted by atomic mass is 10.1. The van der Waals surface area contributed by atoms with Crippen LogP contribution in [-0.4, -0.2) is 51.8 Å². The molecule has 2 aromatic rings. The Labute approximate surface area is 160 Å². The van der Waals surface area contributed by atoms with Crippen molar-refractivity contribution in [2.45, 2.75) is 58.8 Å². The summed E-state index contributed by atoms with van der Waals surface area (Å²) in [5.74, 6) is 3.58. The molecule has 27 heavy (non-hydrogen) atoms. The first-order valence-corrected chi connectivity index (χ1v) is 9.68. The minimum atomic E-state index is 0.129. The average Bonchev–Trinajstić information content (AvgIpc) is 3.26. The van der Waals surface area contributed by atoms with E-state index in [0.29, 0.717) is 0 Å². The molecule has 3 heterocycles. The van der Waals surface area contributed by atoms with Crippen molar-refractivity contribution in [1.29, 1.82) is 0 Å². The Balaban J connectivity index is 1.71. The minimum absolute atomic E-state index is 0.129. The number of aromatic nitrogens is 3. The van der Waals surface area contributed by atoms with Gasteiger partial charge < -0.3 is 14.2 Å². The smallest absolute Gasteiger partial charge is 0.231 e. The largest absolute Gasteiger partial charge is 0.454 e. The number of hydrogen-bond donors (Lipinski definition) is 0. The van der Waals surface area contributed by atoms with Crippen LogP contribution in [-0.2, 0) is 4.74 Å². The van der Waals surface area contributed by atoms with E-state index in [4.69, 9.17) is 24.3 Å². The van der Waals surface area contributed by atoms with Gasteiger partial charge in [-0.25, -0.2) is 9.67 Å². The van der Waals surface area contributed by atoms with Crippen molar-refractivity contribution >= 4 is 0 Å². The van der Waals surface area contributed by atoms with E-state index in [1.165, 1.54) is 0 Å². The third kappa shape index (κ3) is 3.53. The van der Waals surface area contributed by atoms with Crippen molar-refractivity contribution in [3.63, 3.8) is 0 Å². The second-order valence-electron chi connectivity index (χ2n) is 7.82. The molecule has 0 bridgehead atoms. The third-order valence-corrected chi connectivity index (χ3v) is 5.13. The molecule has 1 fully saturated rings. The Morgan fingerprint density at radius 3 is 2.44 bits per heavy atom. The number of benzene rings is 1. The molecule has 0 radical (unpaired) electrons. The molecule has 2 aliphatic rings. The van der Waals surface area contributed by atoms with Gasteiger partial charge in [0.05, 0.1) is 23.9 Å². The van der Waals surface area contributed by atoms with E-state index >= 15 is 0 Å². The highest BCUT2D eigenvalue weighted by molar-refractivity contribution is 5.50. The van der Waals surface area contributed by atoms with Crippen LogP contribution in [0.15, 0.2) is 18.2 Å². The Morgan fingerprint density at radius 2 is 1.74 bits per heavy atom. The van der Waals surface area contributed by atoms with E-state index in [2.05, 4.69) is 39.5 Å². The van der Waals surface area contributed by atoms with Gasteiger partial charge in [-0.05, 0) is 32.9 Å². The maximum Gasteiger partial charge on any atom is 0.231 e. The van der Waals surface area contributed by atoms with Crippen molar-refractivity contribution in [2.75, 3.05) is 19.9 Å². The lowest BCUT2D eigenvalue weighted by molar-refractivity contribution is -0.0800. The summed E-state index contributed by atoms with van der Waals surface area (Å²) in [6.07, 6.45) is 0.422. The van der Waals surface area contributed by atoms with Gasteiger partial charge in [0.2, 0.25) is 6.79 Å². The van der Waals surface area contributed by atoms with Crippen molar-refractivity contribution in [2.24, 2.45) is 0 Å². The SMILES string of the molecule is CC(C)c1nc([C@H](C)N2C[C@@H](C)O[C@@H](C)C2)n(-c2ccc3c(c2)OCO3)n1. The highest BCUT2D eigenvalue weighted by Gasteiger charge is 2.30. The van der Waals surface area contributed by atoms with Gasteiger partial charge in [-0.3, -0.25) is 4.90 Å². The molecule has 1 aromatic heterocycles. The van der Waals surface area contributed by atoms with Gasteiger partial charge in [0.25, 0.3) is 0 Å². The molecule has 0 amide bonds. The first kappa shape index (κ1) is 18.3. The van der Waals surface area contributed by atoms with Crippen LogP contribution in [0.3, 0.4) is 0 Å². The summed E-state index contributed by atoms with van der Waals surface area (Å²) in [6.45, 7) is 12.7. The van der Waals surface area contributed by atoms with Gasteiger partial charge in [0.1, 0.15) is 5.82 Å². The van der Waals surface area contributed by atoms with Gasteiger partial charge in [-0.15, -0.1) is 0 Å². The molecule has 2 aliphatic heterocycles. The fraction of sp³-hybridized carbons (Fsp3) is 0.600. The van der Waals surface area contributed by atoms with Crippen molar-refractivity contribution in [3.05, 3.63) is 29.8 Å². The maximum absolute atomic E-state index is 5.90. The van der Waals surface area contributed by atoms with Crippen LogP contribution in [0, 0.1) is 0 Å². The summed E-state index contributed by atoms with van der Waals surface area (Å²) in [5, 5.41) is 4.81. The molecule has 0 aliphatic carbocycles. The molecule has 4 rings (SSSR count). The number of nitrogens with zero attached hydrogens (tertiary/aromatic N) is 4. The summed E-state index contributed by atoms with van der Waals surface area (Å²) >= 11 is 0. The summed E-state index contributed by atoms with van der Waals surface area (Å²) < 4.78 is 18.8. The van der Waals surface area contributed by atoms with Crippen molar-refractivity contribution in [1.82, 2.24) is 19.7 Å². The van der Waals surface area contributed by atoms with Crippen LogP contribution in [0.25, 0.3) is 5.69 Å². The second-order valence-corrected chi connectivity index (χ2v) is 7.82. The van der Waals surface area contributed by atoms with E-state index in [-0.39, 0.29) is 31.0 Å². The first-order valence-electron chi connectivity index (χ1n) is 9.68. The zero-order chi connectivity index (χ0) is 19.1. The van der Waals surface area contributed by atoms with Gasteiger partial charge in [0.15, 0.2) is 17.3 Å². The van der Waals surface area contributed by atoms with Crippen LogP contribution in [0.1, 0.15) is 58.2 Å². The predicted molar refractivity (Wildman–Crippen MR) is 102 cm³/mol. The monoisotopic (exact) mass is 372 g/mol. The summed E-state index contributed by atoms with van der Waals surface area (Å²) in [7, 11) is 0. The number of hydrogen-bond acceptors (Lipinski definition) is 6. The molecule has 1 aromatic carbocycles. The van der Waals surface area contributed by atoms with E-state index in [1.807, 2.05) is 22.9 Å². The molecular weight excluding hydrogens is 344 g/mol. The van der Waals surface area contributed by atoms with Crippen LogP contribution in [0.4, 0.5) is 0 Å². The summed E-state index contributed by atoms with van der Waals surface area (Å²) in [5.41, 5.74) is 0.940. The van der Waals surface area contributed by atoms with Gasteiger partial charge in [-0.1, -0.05) is 13.8 Å². The summed E-state index contributed by atoms with van der Waals surface area (Å²) in [4.78, 5) is 7.33. The van der Waals surface area contributed by atoms with E-state index < -0.39 is 0 Å². The highest BCUT2D eigenvalue weighted by atomic mass is 16.7. The van der Waals surface area contributed by atoms with Gasteiger partial charge >= 0.3 is 0 Å². The van der Waals surface area contributed by atoms with E-state index in [9.17, 15) is 0 Å². The number of fused-ring (bicyclic) bond motifs is 1. The molecule has 146 valence electrons. The maximum atomic E-state index is 5.90. The van der Waals surface area contributed by atoms with Gasteiger partial charge in [-0.2, -0.15) is 5.10 Å². The number of morpholine rings is 1. The molecular formula is C20H28N4O3. The van der Waals surface area contributed by atoms with Crippen LogP contribution in [0.5, 0.6) is 11.5 Å². The zero-order valence-electron chi connectivity index (χ0n) is 16.7. The molecule has 7 heteroatoms. The Morgan fingerprint density at radius 1 is 1.04 bits per heavy atom. The van der Waals surface area contributed by atoms with Crippen LogP contribution >= 0.6 is 0 Å². The lowest BCUT2D eigenvalue weighted by Crippen LogP contribution is -2.46. The topological polar surface area (TPSA) is 61.6 Å². The predicted octanol–water partition coefficient (Wildman–Crippen LogP) is 3.29. The zero-order valence-corrected chi connectivity index (χ0v) is 16.7. The first-order chi connectivity index (χ1) is 12.9. The molecule has 1 saturated heterocycles. The fourth-order valence-electron chi connectivity index (χ4n) is 3.76. The molecule has 7 nitrogen and oxygen atoms in total. The van der Waals surface area contributed by atoms with Crippen LogP contribution < -0.4 is 9.47 Å². The number of ether oxygens (including phenoxy) is 3. The minimum Gasteiger partial charge on any atom is -0.454 e. The lowest BCUT2D eigenvalue weighted by Gasteiger charge is -2.38. The highest BCUT2D eigenvalue weighted by Crippen LogP contribution is 2.35. The molecule has 0 N–H and O–H groups in total. The Kier molecular flexibility index (Phi) is 4.82. The molecule has 0 unspecified atom stereocenters. The molecule has 0 spiro atoms. The normalized spacial score (nSPS) is 23.8. The van der Waals surface area contributed by atoms with Crippen molar-refractivity contribution in [3.8, 4) is 17.2 Å². The van der Waals surface area contributed by atoms with E-state index in [1.54, 1.807) is 0 Å². The second kappa shape index (κ2) is 7.13. The third-order valence-electron chi connectivity index (χ3n) is 5.13. The standard InChI is InChI=1S/C20H28N4O3/c1-12(2)19-21-20(15(5)23-9-13(3)27-14(4)10-23)24(22-19)16-6-7-17-18(8-16)26-11-25-17/h6-8,12-15H,9-11H2,1-5H3/t13-,14+,15-/m0/s1. The Bertz CT molecular complexity index is 810. The number of rotatable bonds is 4. The van der Waals surface area contributed by atoms with Crippen LogP contribution in [0.2, 0.25) is 0 Å². The quantitative estimate of drug-likeness (QED) is 0.821. The molecule has 0 saturated carbocycles. The Hall–Kier alpha value is -2.12.